The summed E-state index contributed by atoms with van der Waals surface area (Å²) in [7, 11) is 0. The Kier molecular flexibility index (Phi) is 5.05. The third kappa shape index (κ3) is 3.44. The highest BCUT2D eigenvalue weighted by Gasteiger charge is 2.56. The van der Waals surface area contributed by atoms with Crippen molar-refractivity contribution in [3.05, 3.63) is 0 Å². The Morgan fingerprint density at radius 3 is 2.10 bits per heavy atom. The first-order chi connectivity index (χ1) is 9.19. The van der Waals surface area contributed by atoms with E-state index in [1.54, 1.807) is 20.8 Å². The normalized spacial score (nSPS) is 18.2. The van der Waals surface area contributed by atoms with E-state index in [9.17, 15) is 14.7 Å². The van der Waals surface area contributed by atoms with Crippen LogP contribution in [0.15, 0.2) is 0 Å². The van der Waals surface area contributed by atoms with E-state index in [2.05, 4.69) is 0 Å². The number of amides is 1. The van der Waals surface area contributed by atoms with Gasteiger partial charge in [-0.1, -0.05) is 13.8 Å². The molecule has 0 saturated heterocycles. The van der Waals surface area contributed by atoms with Gasteiger partial charge in [0, 0.05) is 6.54 Å². The largest absolute Gasteiger partial charge is 0.479 e. The van der Waals surface area contributed by atoms with Crippen LogP contribution in [0.2, 0.25) is 0 Å². The average molecular weight is 285 g/mol. The first-order valence-electron chi connectivity index (χ1n) is 7.43. The van der Waals surface area contributed by atoms with E-state index >= 15 is 0 Å². The molecule has 1 saturated carbocycles. The lowest BCUT2D eigenvalue weighted by molar-refractivity contribution is -0.153. The molecule has 1 rings (SSSR count). The van der Waals surface area contributed by atoms with Crippen LogP contribution in [0, 0.1) is 5.92 Å². The number of carbonyl (C=O) groups is 2. The van der Waals surface area contributed by atoms with Gasteiger partial charge in [0.1, 0.15) is 11.1 Å². The molecule has 0 aromatic heterocycles. The third-order valence-electron chi connectivity index (χ3n) is 3.70. The summed E-state index contributed by atoms with van der Waals surface area (Å²) in [5.41, 5.74) is -1.73. The van der Waals surface area contributed by atoms with E-state index in [0.717, 1.165) is 12.8 Å². The molecule has 0 aromatic carbocycles. The quantitative estimate of drug-likeness (QED) is 0.813. The number of carbonyl (C=O) groups excluding carboxylic acids is 1. The van der Waals surface area contributed by atoms with Crippen LogP contribution in [-0.2, 0) is 9.53 Å². The summed E-state index contributed by atoms with van der Waals surface area (Å²) in [5.74, 6) is -0.870. The zero-order valence-corrected chi connectivity index (χ0v) is 13.2. The zero-order valence-electron chi connectivity index (χ0n) is 13.2. The van der Waals surface area contributed by atoms with Crippen molar-refractivity contribution in [2.24, 2.45) is 5.92 Å². The summed E-state index contributed by atoms with van der Waals surface area (Å²) < 4.78 is 5.41. The molecule has 1 fully saturated rings. The zero-order chi connectivity index (χ0) is 15.6. The lowest BCUT2D eigenvalue weighted by Crippen LogP contribution is -2.59. The average Bonchev–Trinajstić information content (AvgIpc) is 3.11. The number of hydrogen-bond acceptors (Lipinski definition) is 3. The summed E-state index contributed by atoms with van der Waals surface area (Å²) in [6.45, 7) is 9.55. The van der Waals surface area contributed by atoms with Gasteiger partial charge in [-0.3, -0.25) is 4.90 Å². The molecular formula is C15H27NO4. The minimum absolute atomic E-state index is 0.0454. The van der Waals surface area contributed by atoms with E-state index < -0.39 is 23.2 Å². The highest BCUT2D eigenvalue weighted by Crippen LogP contribution is 2.46. The van der Waals surface area contributed by atoms with Crippen molar-refractivity contribution in [1.82, 2.24) is 4.90 Å². The molecule has 116 valence electrons. The van der Waals surface area contributed by atoms with Gasteiger partial charge in [0.15, 0.2) is 0 Å². The van der Waals surface area contributed by atoms with Gasteiger partial charge >= 0.3 is 12.1 Å². The number of rotatable bonds is 6. The first-order valence-corrected chi connectivity index (χ1v) is 7.43. The molecular weight excluding hydrogens is 258 g/mol. The molecule has 0 spiro atoms. The maximum Gasteiger partial charge on any atom is 0.411 e. The fourth-order valence-electron chi connectivity index (χ4n) is 2.70. The maximum absolute atomic E-state index is 12.4. The predicted molar refractivity (Wildman–Crippen MR) is 76.6 cm³/mol. The number of nitrogens with zero attached hydrogens (tertiary/aromatic N) is 1. The summed E-state index contributed by atoms with van der Waals surface area (Å²) in [4.78, 5) is 25.7. The van der Waals surface area contributed by atoms with Crippen molar-refractivity contribution in [3.8, 4) is 0 Å². The molecule has 1 amide bonds. The Bertz CT molecular complexity index is 371. The van der Waals surface area contributed by atoms with Crippen molar-refractivity contribution in [3.63, 3.8) is 0 Å². The van der Waals surface area contributed by atoms with Crippen LogP contribution in [0.1, 0.15) is 60.3 Å². The number of aliphatic carboxylic acids is 1. The lowest BCUT2D eigenvalue weighted by Gasteiger charge is -2.41. The molecule has 1 N–H and O–H groups in total. The Hall–Kier alpha value is -1.26. The second kappa shape index (κ2) is 6.02. The number of carboxylic acid groups (broad SMARTS) is 1. The van der Waals surface area contributed by atoms with Gasteiger partial charge in [0.25, 0.3) is 0 Å². The van der Waals surface area contributed by atoms with Crippen LogP contribution in [0.5, 0.6) is 0 Å². The van der Waals surface area contributed by atoms with Crippen molar-refractivity contribution >= 4 is 12.1 Å². The summed E-state index contributed by atoms with van der Waals surface area (Å²) >= 11 is 0. The number of carboxylic acids is 1. The van der Waals surface area contributed by atoms with Gasteiger partial charge in [-0.15, -0.1) is 0 Å². The molecule has 0 aliphatic heterocycles. The van der Waals surface area contributed by atoms with Gasteiger partial charge in [-0.2, -0.15) is 0 Å². The highest BCUT2D eigenvalue weighted by molar-refractivity contribution is 5.85. The Balaban J connectivity index is 3.08. The second-order valence-electron chi connectivity index (χ2n) is 6.49. The first kappa shape index (κ1) is 16.8. The van der Waals surface area contributed by atoms with E-state index in [4.69, 9.17) is 4.74 Å². The molecule has 0 bridgehead atoms. The number of hydrogen-bond donors (Lipinski definition) is 1. The van der Waals surface area contributed by atoms with Gasteiger partial charge in [0.2, 0.25) is 0 Å². The van der Waals surface area contributed by atoms with Crippen LogP contribution < -0.4 is 0 Å². The van der Waals surface area contributed by atoms with Crippen molar-refractivity contribution in [2.75, 3.05) is 6.54 Å². The SMILES string of the molecule is CCCN(C(=O)OC(C)(C)C)C(CC)(C(=O)O)C1CC1. The van der Waals surface area contributed by atoms with Crippen molar-refractivity contribution < 1.29 is 19.4 Å². The smallest absolute Gasteiger partial charge is 0.411 e. The van der Waals surface area contributed by atoms with E-state index in [-0.39, 0.29) is 5.92 Å². The predicted octanol–water partition coefficient (Wildman–Crippen LogP) is 3.28. The fourth-order valence-corrected chi connectivity index (χ4v) is 2.70. The van der Waals surface area contributed by atoms with Gasteiger partial charge in [-0.25, -0.2) is 9.59 Å². The minimum Gasteiger partial charge on any atom is -0.479 e. The molecule has 5 heteroatoms. The lowest BCUT2D eigenvalue weighted by atomic mass is 9.88. The van der Waals surface area contributed by atoms with Crippen LogP contribution >= 0.6 is 0 Å². The molecule has 1 aliphatic rings. The minimum atomic E-state index is -1.11. The summed E-state index contributed by atoms with van der Waals surface area (Å²) in [5, 5.41) is 9.73. The Morgan fingerprint density at radius 2 is 1.80 bits per heavy atom. The van der Waals surface area contributed by atoms with Crippen molar-refractivity contribution in [1.29, 1.82) is 0 Å². The maximum atomic E-state index is 12.4. The Morgan fingerprint density at radius 1 is 1.25 bits per heavy atom. The van der Waals surface area contributed by atoms with E-state index in [1.165, 1.54) is 4.90 Å². The molecule has 0 heterocycles. The molecule has 1 aliphatic carbocycles. The highest BCUT2D eigenvalue weighted by atomic mass is 16.6. The van der Waals surface area contributed by atoms with Crippen LogP contribution in [0.25, 0.3) is 0 Å². The standard InChI is InChI=1S/C15H27NO4/c1-6-10-16(13(19)20-14(3,4)5)15(7-2,12(17)18)11-8-9-11/h11H,6-10H2,1-5H3,(H,17,18). The van der Waals surface area contributed by atoms with Gasteiger partial charge in [0.05, 0.1) is 0 Å². The summed E-state index contributed by atoms with van der Waals surface area (Å²) in [6, 6.07) is 0. The molecule has 1 unspecified atom stereocenters. The number of ether oxygens (including phenoxy) is 1. The molecule has 5 nitrogen and oxygen atoms in total. The van der Waals surface area contributed by atoms with E-state index in [1.807, 2.05) is 13.8 Å². The molecule has 20 heavy (non-hydrogen) atoms. The Labute approximate surface area is 121 Å². The molecule has 1 atom stereocenters. The van der Waals surface area contributed by atoms with E-state index in [0.29, 0.717) is 19.4 Å². The fraction of sp³-hybridized carbons (Fsp3) is 0.867. The van der Waals surface area contributed by atoms with Crippen LogP contribution in [0.4, 0.5) is 4.79 Å². The monoisotopic (exact) mass is 285 g/mol. The molecule has 0 radical (unpaired) electrons. The topological polar surface area (TPSA) is 66.8 Å². The summed E-state index contributed by atoms with van der Waals surface area (Å²) in [6.07, 6.45) is 2.33. The van der Waals surface area contributed by atoms with Crippen molar-refractivity contribution in [2.45, 2.75) is 71.4 Å². The van der Waals surface area contributed by atoms with Crippen LogP contribution in [-0.4, -0.2) is 39.8 Å². The second-order valence-corrected chi connectivity index (χ2v) is 6.49. The van der Waals surface area contributed by atoms with Gasteiger partial charge < -0.3 is 9.84 Å². The van der Waals surface area contributed by atoms with Gasteiger partial charge in [-0.05, 0) is 52.4 Å². The van der Waals surface area contributed by atoms with Crippen LogP contribution in [0.3, 0.4) is 0 Å². The third-order valence-corrected chi connectivity index (χ3v) is 3.70. The molecule has 0 aromatic rings.